The Hall–Kier alpha value is -1.20. The Morgan fingerprint density at radius 3 is 2.69 bits per heavy atom. The number of hydrogen-bond acceptors (Lipinski definition) is 4. The molecule has 0 spiro atoms. The van der Waals surface area contributed by atoms with Crippen molar-refractivity contribution in [1.29, 1.82) is 0 Å². The number of carbonyl (C=O) groups excluding carboxylic acids is 2. The molecule has 1 saturated carbocycles. The molecule has 29 heavy (non-hydrogen) atoms. The van der Waals surface area contributed by atoms with E-state index in [1.165, 1.54) is 0 Å². The quantitative estimate of drug-likeness (QED) is 0.298. The molecule has 3 atom stereocenters. The molecule has 0 bridgehead atoms. The SMILES string of the molecule is CCCCC[C@H](O)C=C[C@H]1CCC(=O)[C@@H]1CCCCCCC(=O)NCCN(C)C. The number of allylic oxidation sites excluding steroid dienone is 1. The molecule has 0 unspecified atom stereocenters. The third-order valence-electron chi connectivity index (χ3n) is 5.89. The van der Waals surface area contributed by atoms with E-state index in [-0.39, 0.29) is 17.9 Å². The van der Waals surface area contributed by atoms with Crippen molar-refractivity contribution in [2.24, 2.45) is 11.8 Å². The van der Waals surface area contributed by atoms with Gasteiger partial charge in [0.05, 0.1) is 6.10 Å². The molecule has 0 saturated heterocycles. The molecule has 0 aromatic carbocycles. The van der Waals surface area contributed by atoms with Gasteiger partial charge in [-0.2, -0.15) is 0 Å². The van der Waals surface area contributed by atoms with E-state index in [0.717, 1.165) is 70.8 Å². The molecule has 1 rings (SSSR count). The van der Waals surface area contributed by atoms with Crippen molar-refractivity contribution in [3.8, 4) is 0 Å². The molecule has 5 heteroatoms. The summed E-state index contributed by atoms with van der Waals surface area (Å²) in [5.41, 5.74) is 0. The first kappa shape index (κ1) is 25.8. The maximum atomic E-state index is 12.2. The minimum Gasteiger partial charge on any atom is -0.389 e. The average molecular weight is 409 g/mol. The summed E-state index contributed by atoms with van der Waals surface area (Å²) in [4.78, 5) is 26.1. The fourth-order valence-electron chi connectivity index (χ4n) is 4.02. The van der Waals surface area contributed by atoms with Crippen LogP contribution in [0.5, 0.6) is 0 Å². The first-order chi connectivity index (χ1) is 13.9. The molecule has 0 aromatic heterocycles. The highest BCUT2D eigenvalue weighted by molar-refractivity contribution is 5.83. The van der Waals surface area contributed by atoms with Crippen molar-refractivity contribution in [3.63, 3.8) is 0 Å². The van der Waals surface area contributed by atoms with Gasteiger partial charge in [-0.3, -0.25) is 9.59 Å². The number of rotatable bonds is 16. The van der Waals surface area contributed by atoms with Gasteiger partial charge < -0.3 is 15.3 Å². The van der Waals surface area contributed by atoms with Gasteiger partial charge in [-0.1, -0.05) is 57.6 Å². The Kier molecular flexibility index (Phi) is 13.9. The molecule has 0 radical (unpaired) electrons. The van der Waals surface area contributed by atoms with Crippen LogP contribution in [0.4, 0.5) is 0 Å². The molecule has 1 aliphatic carbocycles. The second kappa shape index (κ2) is 15.6. The Morgan fingerprint density at radius 1 is 1.21 bits per heavy atom. The minimum atomic E-state index is -0.373. The van der Waals surface area contributed by atoms with Gasteiger partial charge in [0, 0.05) is 31.8 Å². The van der Waals surface area contributed by atoms with Crippen molar-refractivity contribution in [2.75, 3.05) is 27.2 Å². The number of amides is 1. The van der Waals surface area contributed by atoms with Gasteiger partial charge in [0.25, 0.3) is 0 Å². The van der Waals surface area contributed by atoms with E-state index in [1.54, 1.807) is 0 Å². The molecule has 5 nitrogen and oxygen atoms in total. The van der Waals surface area contributed by atoms with Crippen molar-refractivity contribution >= 4 is 11.7 Å². The molecule has 0 aliphatic heterocycles. The van der Waals surface area contributed by atoms with E-state index in [1.807, 2.05) is 20.2 Å². The number of nitrogens with zero attached hydrogens (tertiary/aromatic N) is 1. The third-order valence-corrected chi connectivity index (χ3v) is 5.89. The van der Waals surface area contributed by atoms with Crippen LogP contribution in [0, 0.1) is 11.8 Å². The summed E-state index contributed by atoms with van der Waals surface area (Å²) in [5, 5.41) is 13.0. The van der Waals surface area contributed by atoms with Crippen LogP contribution >= 0.6 is 0 Å². The Balaban J connectivity index is 2.18. The van der Waals surface area contributed by atoms with Crippen molar-refractivity contribution in [2.45, 2.75) is 90.1 Å². The highest BCUT2D eigenvalue weighted by Crippen LogP contribution is 2.34. The van der Waals surface area contributed by atoms with Gasteiger partial charge in [-0.25, -0.2) is 0 Å². The lowest BCUT2D eigenvalue weighted by Gasteiger charge is -2.15. The van der Waals surface area contributed by atoms with E-state index in [9.17, 15) is 14.7 Å². The van der Waals surface area contributed by atoms with E-state index in [0.29, 0.717) is 31.1 Å². The van der Waals surface area contributed by atoms with Crippen LogP contribution in [0.3, 0.4) is 0 Å². The van der Waals surface area contributed by atoms with E-state index in [4.69, 9.17) is 0 Å². The molecule has 1 aliphatic rings. The lowest BCUT2D eigenvalue weighted by atomic mass is 9.89. The summed E-state index contributed by atoms with van der Waals surface area (Å²) in [5.74, 6) is 0.954. The van der Waals surface area contributed by atoms with Gasteiger partial charge in [0.2, 0.25) is 5.91 Å². The normalized spacial score (nSPS) is 20.7. The largest absolute Gasteiger partial charge is 0.389 e. The molecule has 168 valence electrons. The molecule has 1 amide bonds. The fourth-order valence-corrected chi connectivity index (χ4v) is 4.02. The third kappa shape index (κ3) is 12.2. The number of nitrogens with one attached hydrogen (secondary N) is 1. The van der Waals surface area contributed by atoms with Crippen molar-refractivity contribution < 1.29 is 14.7 Å². The van der Waals surface area contributed by atoms with Crippen LogP contribution in [0.25, 0.3) is 0 Å². The number of Topliss-reactive ketones (excluding diaryl/α,β-unsaturated/α-hetero) is 1. The number of aliphatic hydroxyl groups is 1. The number of carbonyl (C=O) groups is 2. The van der Waals surface area contributed by atoms with Gasteiger partial charge in [0.1, 0.15) is 5.78 Å². The van der Waals surface area contributed by atoms with E-state index < -0.39 is 0 Å². The van der Waals surface area contributed by atoms with Crippen molar-refractivity contribution in [1.82, 2.24) is 10.2 Å². The zero-order chi connectivity index (χ0) is 21.5. The number of likely N-dealkylation sites (N-methyl/N-ethyl adjacent to an activating group) is 1. The Bertz CT molecular complexity index is 491. The van der Waals surface area contributed by atoms with E-state index in [2.05, 4.69) is 23.2 Å². The lowest BCUT2D eigenvalue weighted by Crippen LogP contribution is -2.31. The Labute approximate surface area is 178 Å². The summed E-state index contributed by atoms with van der Waals surface area (Å²) in [6.07, 6.45) is 15.1. The van der Waals surface area contributed by atoms with Crippen LogP contribution in [0.15, 0.2) is 12.2 Å². The smallest absolute Gasteiger partial charge is 0.220 e. The topological polar surface area (TPSA) is 69.6 Å². The summed E-state index contributed by atoms with van der Waals surface area (Å²) in [7, 11) is 3.99. The second-order valence-corrected chi connectivity index (χ2v) is 8.83. The number of hydrogen-bond donors (Lipinski definition) is 2. The number of unbranched alkanes of at least 4 members (excludes halogenated alkanes) is 5. The van der Waals surface area contributed by atoms with Crippen LogP contribution in [-0.4, -0.2) is 55.0 Å². The Morgan fingerprint density at radius 2 is 1.97 bits per heavy atom. The molecular formula is C24H44N2O3. The number of ketones is 1. The standard InChI is InChI=1S/C24H44N2O3/c1-4-5-8-11-21(27)16-14-20-15-17-23(28)22(20)12-9-6-7-10-13-24(29)25-18-19-26(2)3/h14,16,20-22,27H,4-13,15,17-19H2,1-3H3,(H,25,29)/t20-,21-,22+/m0/s1. The maximum Gasteiger partial charge on any atom is 0.220 e. The lowest BCUT2D eigenvalue weighted by molar-refractivity contribution is -0.121. The highest BCUT2D eigenvalue weighted by Gasteiger charge is 2.32. The minimum absolute atomic E-state index is 0.128. The molecule has 1 fully saturated rings. The second-order valence-electron chi connectivity index (χ2n) is 8.83. The molecule has 2 N–H and O–H groups in total. The zero-order valence-electron chi connectivity index (χ0n) is 19.0. The monoisotopic (exact) mass is 408 g/mol. The van der Waals surface area contributed by atoms with Gasteiger partial charge in [-0.05, 0) is 45.7 Å². The maximum absolute atomic E-state index is 12.2. The number of aliphatic hydroxyl groups excluding tert-OH is 1. The van der Waals surface area contributed by atoms with Crippen LogP contribution in [-0.2, 0) is 9.59 Å². The zero-order valence-corrected chi connectivity index (χ0v) is 19.0. The molecule has 0 aromatic rings. The first-order valence-electron chi connectivity index (χ1n) is 11.7. The highest BCUT2D eigenvalue weighted by atomic mass is 16.3. The summed E-state index contributed by atoms with van der Waals surface area (Å²) in [6, 6.07) is 0. The van der Waals surface area contributed by atoms with Gasteiger partial charge in [-0.15, -0.1) is 0 Å². The summed E-state index contributed by atoms with van der Waals surface area (Å²) in [6.45, 7) is 3.74. The average Bonchev–Trinajstić information content (AvgIpc) is 3.02. The summed E-state index contributed by atoms with van der Waals surface area (Å²) < 4.78 is 0. The molecular weight excluding hydrogens is 364 g/mol. The van der Waals surface area contributed by atoms with Gasteiger partial charge in [0.15, 0.2) is 0 Å². The summed E-state index contributed by atoms with van der Waals surface area (Å²) >= 11 is 0. The van der Waals surface area contributed by atoms with Crippen LogP contribution < -0.4 is 5.32 Å². The van der Waals surface area contributed by atoms with Crippen molar-refractivity contribution in [3.05, 3.63) is 12.2 Å². The van der Waals surface area contributed by atoms with Crippen LogP contribution in [0.1, 0.15) is 84.0 Å². The first-order valence-corrected chi connectivity index (χ1v) is 11.7. The molecule has 0 heterocycles. The predicted octanol–water partition coefficient (Wildman–Crippen LogP) is 4.10. The fraction of sp³-hybridized carbons (Fsp3) is 0.833. The van der Waals surface area contributed by atoms with E-state index >= 15 is 0 Å². The van der Waals surface area contributed by atoms with Crippen LogP contribution in [0.2, 0.25) is 0 Å². The van der Waals surface area contributed by atoms with Gasteiger partial charge >= 0.3 is 0 Å². The predicted molar refractivity (Wildman–Crippen MR) is 120 cm³/mol.